The Hall–Kier alpha value is -1.54. The molecule has 0 aromatic heterocycles. The van der Waals surface area contributed by atoms with Gasteiger partial charge in [-0.25, -0.2) is 8.78 Å². The third kappa shape index (κ3) is 3.46. The lowest BCUT2D eigenvalue weighted by atomic mass is 10.2. The predicted molar refractivity (Wildman–Crippen MR) is 38.0 cm³/mol. The quantitative estimate of drug-likeness (QED) is 0.701. The molecule has 0 bridgehead atoms. The van der Waals surface area contributed by atoms with Crippen molar-refractivity contribution >= 4 is 0 Å². The summed E-state index contributed by atoms with van der Waals surface area (Å²) in [5, 5.41) is 0. The molecule has 0 aliphatic heterocycles. The first kappa shape index (κ1) is 13.5. The van der Waals surface area contributed by atoms with E-state index < -0.39 is 35.5 Å². The van der Waals surface area contributed by atoms with Crippen molar-refractivity contribution in [2.45, 2.75) is 12.5 Å². The van der Waals surface area contributed by atoms with Gasteiger partial charge in [-0.1, -0.05) is 0 Å². The van der Waals surface area contributed by atoms with E-state index in [1.807, 2.05) is 0 Å². The average molecular weight is 266 g/mol. The van der Waals surface area contributed by atoms with Crippen molar-refractivity contribution in [3.8, 4) is 5.75 Å². The fourth-order valence-electron chi connectivity index (χ4n) is 0.963. The van der Waals surface area contributed by atoms with Crippen LogP contribution in [0.25, 0.3) is 0 Å². The number of rotatable bonds is 1. The van der Waals surface area contributed by atoms with Crippen LogP contribution in [0, 0.1) is 11.6 Å². The molecule has 0 fully saturated rings. The smallest absolute Gasteiger partial charge is 0.406 e. The highest BCUT2D eigenvalue weighted by atomic mass is 19.4. The molecule has 0 amide bonds. The summed E-state index contributed by atoms with van der Waals surface area (Å²) in [4.78, 5) is 0. The topological polar surface area (TPSA) is 9.23 Å². The van der Waals surface area contributed by atoms with Crippen LogP contribution in [0.15, 0.2) is 12.1 Å². The van der Waals surface area contributed by atoms with Crippen molar-refractivity contribution in [3.63, 3.8) is 0 Å². The largest absolute Gasteiger partial charge is 0.573 e. The van der Waals surface area contributed by atoms with E-state index in [-0.39, 0.29) is 12.1 Å². The van der Waals surface area contributed by atoms with Crippen molar-refractivity contribution in [2.75, 3.05) is 0 Å². The number of hydrogen-bond acceptors (Lipinski definition) is 1. The van der Waals surface area contributed by atoms with Crippen LogP contribution in [0.5, 0.6) is 5.75 Å². The first-order chi connectivity index (χ1) is 7.50. The number of alkyl halides is 6. The van der Waals surface area contributed by atoms with Crippen molar-refractivity contribution in [1.82, 2.24) is 0 Å². The van der Waals surface area contributed by atoms with Crippen LogP contribution in [0.3, 0.4) is 0 Å². The SMILES string of the molecule is Fc1cc(OC(F)(F)F)cc(C(F)(F)F)c1F. The van der Waals surface area contributed by atoms with Crippen molar-refractivity contribution in [1.29, 1.82) is 0 Å². The number of ether oxygens (including phenoxy) is 1. The second kappa shape index (κ2) is 4.04. The van der Waals surface area contributed by atoms with E-state index >= 15 is 0 Å². The molecular formula is C8H2F8O. The van der Waals surface area contributed by atoms with Crippen molar-refractivity contribution < 1.29 is 39.9 Å². The third-order valence-electron chi connectivity index (χ3n) is 1.54. The Morgan fingerprint density at radius 1 is 0.882 bits per heavy atom. The van der Waals surface area contributed by atoms with E-state index in [0.717, 1.165) is 0 Å². The van der Waals surface area contributed by atoms with Gasteiger partial charge in [-0.05, 0) is 6.07 Å². The summed E-state index contributed by atoms with van der Waals surface area (Å²) < 4.78 is 99.7. The average Bonchev–Trinajstić information content (AvgIpc) is 2.06. The first-order valence-corrected chi connectivity index (χ1v) is 3.82. The minimum Gasteiger partial charge on any atom is -0.406 e. The van der Waals surface area contributed by atoms with Gasteiger partial charge in [-0.15, -0.1) is 13.2 Å². The normalized spacial score (nSPS) is 12.7. The van der Waals surface area contributed by atoms with E-state index in [2.05, 4.69) is 4.74 Å². The Morgan fingerprint density at radius 3 is 1.82 bits per heavy atom. The van der Waals surface area contributed by atoms with Crippen LogP contribution in [0.2, 0.25) is 0 Å². The van der Waals surface area contributed by atoms with Crippen LogP contribution in [0.4, 0.5) is 35.1 Å². The maximum Gasteiger partial charge on any atom is 0.573 e. The first-order valence-electron chi connectivity index (χ1n) is 3.82. The molecule has 1 aromatic rings. The summed E-state index contributed by atoms with van der Waals surface area (Å²) in [5.74, 6) is -5.85. The summed E-state index contributed by atoms with van der Waals surface area (Å²) in [6, 6.07) is -0.399. The molecule has 0 unspecified atom stereocenters. The zero-order valence-corrected chi connectivity index (χ0v) is 7.59. The molecule has 1 nitrogen and oxygen atoms in total. The molecule has 0 aliphatic carbocycles. The fourth-order valence-corrected chi connectivity index (χ4v) is 0.963. The Labute approximate surface area is 88.6 Å². The molecule has 0 atom stereocenters. The summed E-state index contributed by atoms with van der Waals surface area (Å²) >= 11 is 0. The number of benzene rings is 1. The summed E-state index contributed by atoms with van der Waals surface area (Å²) in [5.41, 5.74) is -2.17. The van der Waals surface area contributed by atoms with Gasteiger partial charge in [0.25, 0.3) is 0 Å². The third-order valence-corrected chi connectivity index (χ3v) is 1.54. The van der Waals surface area contributed by atoms with E-state index in [0.29, 0.717) is 0 Å². The van der Waals surface area contributed by atoms with Gasteiger partial charge in [0.05, 0.1) is 5.56 Å². The van der Waals surface area contributed by atoms with E-state index in [4.69, 9.17) is 0 Å². The van der Waals surface area contributed by atoms with Crippen LogP contribution in [-0.4, -0.2) is 6.36 Å². The Balaban J connectivity index is 3.25. The van der Waals surface area contributed by atoms with Gasteiger partial charge in [-0.2, -0.15) is 13.2 Å². The zero-order valence-electron chi connectivity index (χ0n) is 7.59. The van der Waals surface area contributed by atoms with Gasteiger partial charge in [0.2, 0.25) is 0 Å². The highest BCUT2D eigenvalue weighted by Gasteiger charge is 2.38. The molecule has 1 rings (SSSR count). The number of hydrogen-bond donors (Lipinski definition) is 0. The second-order valence-electron chi connectivity index (χ2n) is 2.81. The van der Waals surface area contributed by atoms with E-state index in [1.54, 1.807) is 0 Å². The molecule has 0 radical (unpaired) electrons. The summed E-state index contributed by atoms with van der Waals surface area (Å²) in [7, 11) is 0. The van der Waals surface area contributed by atoms with Crippen LogP contribution < -0.4 is 4.74 Å². The molecule has 0 N–H and O–H groups in total. The minimum atomic E-state index is -5.32. The lowest BCUT2D eigenvalue weighted by Gasteiger charge is -2.13. The molecule has 96 valence electrons. The summed E-state index contributed by atoms with van der Waals surface area (Å²) in [6.07, 6.45) is -10.6. The molecule has 9 heteroatoms. The van der Waals surface area contributed by atoms with Gasteiger partial charge < -0.3 is 4.74 Å². The second-order valence-corrected chi connectivity index (χ2v) is 2.81. The van der Waals surface area contributed by atoms with E-state index in [9.17, 15) is 35.1 Å². The van der Waals surface area contributed by atoms with Crippen LogP contribution >= 0.6 is 0 Å². The highest BCUT2D eigenvalue weighted by molar-refractivity contribution is 5.32. The highest BCUT2D eigenvalue weighted by Crippen LogP contribution is 2.36. The number of halogens is 8. The molecule has 1 aromatic carbocycles. The lowest BCUT2D eigenvalue weighted by Crippen LogP contribution is -2.18. The van der Waals surface area contributed by atoms with Gasteiger partial charge >= 0.3 is 12.5 Å². The van der Waals surface area contributed by atoms with Crippen LogP contribution in [-0.2, 0) is 6.18 Å². The molecular weight excluding hydrogens is 264 g/mol. The van der Waals surface area contributed by atoms with Crippen molar-refractivity contribution in [2.24, 2.45) is 0 Å². The molecule has 0 heterocycles. The van der Waals surface area contributed by atoms with Crippen molar-refractivity contribution in [3.05, 3.63) is 29.3 Å². The van der Waals surface area contributed by atoms with Gasteiger partial charge in [-0.3, -0.25) is 0 Å². The maximum absolute atomic E-state index is 12.7. The molecule has 0 aliphatic rings. The van der Waals surface area contributed by atoms with Gasteiger partial charge in [0.15, 0.2) is 11.6 Å². The van der Waals surface area contributed by atoms with Crippen LogP contribution in [0.1, 0.15) is 5.56 Å². The monoisotopic (exact) mass is 266 g/mol. The molecule has 17 heavy (non-hydrogen) atoms. The Bertz CT molecular complexity index is 419. The molecule has 0 saturated carbocycles. The standard InChI is InChI=1S/C8H2F8O/c9-5-2-3(17-8(14,15)16)1-4(6(5)10)7(11,12)13/h1-2H. The fraction of sp³-hybridized carbons (Fsp3) is 0.250. The Morgan fingerprint density at radius 2 is 1.41 bits per heavy atom. The summed E-state index contributed by atoms with van der Waals surface area (Å²) in [6.45, 7) is 0. The van der Waals surface area contributed by atoms with Gasteiger partial charge in [0.1, 0.15) is 5.75 Å². The van der Waals surface area contributed by atoms with E-state index in [1.165, 1.54) is 0 Å². The predicted octanol–water partition coefficient (Wildman–Crippen LogP) is 3.88. The Kier molecular flexibility index (Phi) is 3.22. The zero-order chi connectivity index (χ0) is 13.4. The van der Waals surface area contributed by atoms with Gasteiger partial charge in [0, 0.05) is 6.07 Å². The minimum absolute atomic E-state index is 0.127. The lowest BCUT2D eigenvalue weighted by molar-refractivity contribution is -0.274. The molecule has 0 spiro atoms. The maximum atomic E-state index is 12.7. The molecule has 0 saturated heterocycles.